The summed E-state index contributed by atoms with van der Waals surface area (Å²) >= 11 is 1.19. The number of rotatable bonds is 4. The fraction of sp³-hybridized carbons (Fsp3) is 0.647. The van der Waals surface area contributed by atoms with E-state index in [2.05, 4.69) is 0 Å². The number of aliphatic carboxylic acids is 1. The van der Waals surface area contributed by atoms with E-state index in [1.165, 1.54) is 15.6 Å². The SMILES string of the molecule is O=C(O)[C@H]1[C@H]2CC[C@H](C2)[C@H]1C(=O)N1CCN(S(=O)(=O)c2cccs2)CC1. The molecule has 1 aliphatic heterocycles. The van der Waals surface area contributed by atoms with Crippen molar-refractivity contribution in [2.45, 2.75) is 23.5 Å². The van der Waals surface area contributed by atoms with Crippen molar-refractivity contribution in [1.29, 1.82) is 0 Å². The van der Waals surface area contributed by atoms with Crippen LogP contribution >= 0.6 is 11.3 Å². The molecule has 7 nitrogen and oxygen atoms in total. The third kappa shape index (κ3) is 2.86. The summed E-state index contributed by atoms with van der Waals surface area (Å²) in [5, 5.41) is 11.3. The first-order valence-electron chi connectivity index (χ1n) is 8.95. The van der Waals surface area contributed by atoms with Crippen LogP contribution in [0, 0.1) is 23.7 Å². The second-order valence-corrected chi connectivity index (χ2v) is 10.5. The minimum absolute atomic E-state index is 0.0993. The van der Waals surface area contributed by atoms with Crippen molar-refractivity contribution >= 4 is 33.2 Å². The number of carbonyl (C=O) groups excluding carboxylic acids is 1. The summed E-state index contributed by atoms with van der Waals surface area (Å²) in [7, 11) is -3.50. The Morgan fingerprint density at radius 3 is 2.31 bits per heavy atom. The predicted molar refractivity (Wildman–Crippen MR) is 95.1 cm³/mol. The van der Waals surface area contributed by atoms with Gasteiger partial charge >= 0.3 is 5.97 Å². The number of sulfonamides is 1. The lowest BCUT2D eigenvalue weighted by molar-refractivity contribution is -0.153. The highest BCUT2D eigenvalue weighted by Crippen LogP contribution is 2.53. The molecule has 1 N–H and O–H groups in total. The minimum Gasteiger partial charge on any atom is -0.481 e. The molecule has 4 rings (SSSR count). The van der Waals surface area contributed by atoms with E-state index >= 15 is 0 Å². The molecule has 26 heavy (non-hydrogen) atoms. The number of carboxylic acid groups (broad SMARTS) is 1. The number of carbonyl (C=O) groups is 2. The van der Waals surface area contributed by atoms with Crippen LogP contribution in [-0.2, 0) is 19.6 Å². The lowest BCUT2D eigenvalue weighted by Gasteiger charge is -2.37. The van der Waals surface area contributed by atoms with Crippen molar-refractivity contribution in [2.75, 3.05) is 26.2 Å². The standard InChI is InChI=1S/C17H22N2O5S2/c20-16(14-11-3-4-12(10-11)15(14)17(21)22)18-5-7-19(8-6-18)26(23,24)13-2-1-9-25-13/h1-2,9,11-12,14-15H,3-8,10H2,(H,21,22)/t11-,12+,14-,15+/m1/s1. The molecule has 0 unspecified atom stereocenters. The van der Waals surface area contributed by atoms with Crippen molar-refractivity contribution in [1.82, 2.24) is 9.21 Å². The van der Waals surface area contributed by atoms with E-state index in [0.717, 1.165) is 19.3 Å². The number of piperazine rings is 1. The smallest absolute Gasteiger partial charge is 0.307 e. The molecular formula is C17H22N2O5S2. The maximum atomic E-state index is 13.0. The van der Waals surface area contributed by atoms with Gasteiger partial charge in [-0.1, -0.05) is 6.07 Å². The molecule has 142 valence electrons. The molecule has 2 bridgehead atoms. The Morgan fingerprint density at radius 2 is 1.73 bits per heavy atom. The van der Waals surface area contributed by atoms with Gasteiger partial charge in [-0.25, -0.2) is 8.42 Å². The normalized spacial score (nSPS) is 32.1. The molecule has 0 spiro atoms. The Labute approximate surface area is 156 Å². The fourth-order valence-corrected chi connectivity index (χ4v) is 7.47. The highest BCUT2D eigenvalue weighted by Gasteiger charge is 2.55. The topological polar surface area (TPSA) is 95.0 Å². The van der Waals surface area contributed by atoms with Gasteiger partial charge in [-0.3, -0.25) is 9.59 Å². The van der Waals surface area contributed by atoms with Crippen LogP contribution in [0.5, 0.6) is 0 Å². The van der Waals surface area contributed by atoms with E-state index < -0.39 is 27.8 Å². The van der Waals surface area contributed by atoms with Gasteiger partial charge in [-0.05, 0) is 42.5 Å². The molecule has 9 heteroatoms. The lowest BCUT2D eigenvalue weighted by atomic mass is 9.78. The summed E-state index contributed by atoms with van der Waals surface area (Å²) in [5.74, 6) is -1.69. The van der Waals surface area contributed by atoms with Gasteiger partial charge in [-0.2, -0.15) is 4.31 Å². The summed E-state index contributed by atoms with van der Waals surface area (Å²) in [4.78, 5) is 26.3. The summed E-state index contributed by atoms with van der Waals surface area (Å²) in [6, 6.07) is 3.29. The van der Waals surface area contributed by atoms with Crippen molar-refractivity contribution < 1.29 is 23.1 Å². The zero-order valence-electron chi connectivity index (χ0n) is 14.3. The van der Waals surface area contributed by atoms with E-state index in [0.29, 0.717) is 17.3 Å². The average molecular weight is 399 g/mol. The summed E-state index contributed by atoms with van der Waals surface area (Å²) in [5.41, 5.74) is 0. The highest BCUT2D eigenvalue weighted by atomic mass is 32.2. The first-order chi connectivity index (χ1) is 12.4. The molecule has 3 fully saturated rings. The van der Waals surface area contributed by atoms with Gasteiger partial charge in [-0.15, -0.1) is 11.3 Å². The van der Waals surface area contributed by atoms with Crippen LogP contribution in [0.2, 0.25) is 0 Å². The number of nitrogens with zero attached hydrogens (tertiary/aromatic N) is 2. The Morgan fingerprint density at radius 1 is 1.08 bits per heavy atom. The third-order valence-electron chi connectivity index (χ3n) is 6.13. The summed E-state index contributed by atoms with van der Waals surface area (Å²) in [6.45, 7) is 1.16. The molecule has 1 aromatic heterocycles. The molecule has 0 aromatic carbocycles. The van der Waals surface area contributed by atoms with Crippen molar-refractivity contribution in [3.63, 3.8) is 0 Å². The molecule has 2 aliphatic carbocycles. The molecule has 1 saturated heterocycles. The molecule has 3 aliphatic rings. The Bertz CT molecular complexity index is 799. The van der Waals surface area contributed by atoms with Gasteiger partial charge < -0.3 is 10.0 Å². The first-order valence-corrected chi connectivity index (χ1v) is 11.3. The molecule has 2 heterocycles. The zero-order chi connectivity index (χ0) is 18.5. The van der Waals surface area contributed by atoms with Gasteiger partial charge in [0.25, 0.3) is 10.0 Å². The number of hydrogen-bond acceptors (Lipinski definition) is 5. The summed E-state index contributed by atoms with van der Waals surface area (Å²) < 4.78 is 26.9. The first kappa shape index (κ1) is 17.9. The Kier molecular flexibility index (Phi) is 4.56. The van der Waals surface area contributed by atoms with Crippen molar-refractivity contribution in [3.8, 4) is 0 Å². The minimum atomic E-state index is -3.50. The van der Waals surface area contributed by atoms with Crippen LogP contribution in [-0.4, -0.2) is 60.8 Å². The third-order valence-corrected chi connectivity index (χ3v) is 9.40. The number of thiophene rings is 1. The predicted octanol–water partition coefficient (Wildman–Crippen LogP) is 1.33. The maximum Gasteiger partial charge on any atom is 0.307 e. The van der Waals surface area contributed by atoms with Gasteiger partial charge in [0.2, 0.25) is 5.91 Å². The number of carboxylic acids is 1. The van der Waals surface area contributed by atoms with Crippen LogP contribution < -0.4 is 0 Å². The molecule has 2 saturated carbocycles. The fourth-order valence-electron chi connectivity index (χ4n) is 4.90. The average Bonchev–Trinajstić information content (AvgIpc) is 3.37. The van der Waals surface area contributed by atoms with E-state index in [-0.39, 0.29) is 30.8 Å². The zero-order valence-corrected chi connectivity index (χ0v) is 15.9. The van der Waals surface area contributed by atoms with E-state index in [1.807, 2.05) is 0 Å². The van der Waals surface area contributed by atoms with Crippen LogP contribution in [0.1, 0.15) is 19.3 Å². The number of fused-ring (bicyclic) bond motifs is 2. The van der Waals surface area contributed by atoms with Crippen LogP contribution in [0.4, 0.5) is 0 Å². The molecule has 0 radical (unpaired) electrons. The quantitative estimate of drug-likeness (QED) is 0.826. The lowest BCUT2D eigenvalue weighted by Crippen LogP contribution is -2.53. The number of amides is 1. The van der Waals surface area contributed by atoms with Gasteiger partial charge in [0, 0.05) is 26.2 Å². The maximum absolute atomic E-state index is 13.0. The van der Waals surface area contributed by atoms with Crippen LogP contribution in [0.3, 0.4) is 0 Å². The van der Waals surface area contributed by atoms with E-state index in [4.69, 9.17) is 0 Å². The van der Waals surface area contributed by atoms with Crippen molar-refractivity contribution in [2.24, 2.45) is 23.7 Å². The Balaban J connectivity index is 1.43. The second-order valence-electron chi connectivity index (χ2n) is 7.38. The molecule has 1 amide bonds. The summed E-state index contributed by atoms with van der Waals surface area (Å²) in [6.07, 6.45) is 2.66. The van der Waals surface area contributed by atoms with Gasteiger partial charge in [0.05, 0.1) is 11.8 Å². The largest absolute Gasteiger partial charge is 0.481 e. The van der Waals surface area contributed by atoms with Crippen molar-refractivity contribution in [3.05, 3.63) is 17.5 Å². The van der Waals surface area contributed by atoms with Crippen LogP contribution in [0.15, 0.2) is 21.7 Å². The van der Waals surface area contributed by atoms with Crippen LogP contribution in [0.25, 0.3) is 0 Å². The van der Waals surface area contributed by atoms with Gasteiger partial charge in [0.15, 0.2) is 0 Å². The molecule has 4 atom stereocenters. The molecule has 1 aromatic rings. The number of hydrogen-bond donors (Lipinski definition) is 1. The highest BCUT2D eigenvalue weighted by molar-refractivity contribution is 7.91. The van der Waals surface area contributed by atoms with Gasteiger partial charge in [0.1, 0.15) is 4.21 Å². The monoisotopic (exact) mass is 398 g/mol. The molecular weight excluding hydrogens is 376 g/mol. The Hall–Kier alpha value is -1.45. The second kappa shape index (κ2) is 6.61. The van der Waals surface area contributed by atoms with E-state index in [1.54, 1.807) is 22.4 Å². The van der Waals surface area contributed by atoms with E-state index in [9.17, 15) is 23.1 Å².